The molecule has 90 valence electrons. The summed E-state index contributed by atoms with van der Waals surface area (Å²) in [4.78, 5) is 12.1. The van der Waals surface area contributed by atoms with E-state index in [1.165, 1.54) is 12.1 Å². The molecule has 0 aliphatic carbocycles. The SMILES string of the molecule is O=[N+]([O-])c1cc2c(cc1F)N1CCC[C@H]1CN2. The molecule has 0 aromatic heterocycles. The molecule has 0 radical (unpaired) electrons. The van der Waals surface area contributed by atoms with E-state index in [0.717, 1.165) is 31.6 Å². The van der Waals surface area contributed by atoms with Crippen LogP contribution in [0.25, 0.3) is 0 Å². The molecule has 1 aromatic rings. The third-order valence-corrected chi connectivity index (χ3v) is 3.48. The van der Waals surface area contributed by atoms with E-state index in [2.05, 4.69) is 10.2 Å². The maximum atomic E-state index is 13.6. The number of nitrogens with one attached hydrogen (secondary N) is 1. The molecule has 1 saturated heterocycles. The first kappa shape index (κ1) is 10.3. The number of nitro benzene ring substituents is 1. The van der Waals surface area contributed by atoms with Crippen molar-refractivity contribution in [2.24, 2.45) is 0 Å². The molecule has 0 spiro atoms. The minimum atomic E-state index is -0.761. The number of hydrogen-bond acceptors (Lipinski definition) is 4. The second kappa shape index (κ2) is 3.58. The second-order valence-electron chi connectivity index (χ2n) is 4.45. The molecule has 1 atom stereocenters. The Morgan fingerprint density at radius 1 is 1.53 bits per heavy atom. The van der Waals surface area contributed by atoms with Gasteiger partial charge in [-0.05, 0) is 12.8 Å². The van der Waals surface area contributed by atoms with Crippen molar-refractivity contribution < 1.29 is 9.31 Å². The number of benzene rings is 1. The highest BCUT2D eigenvalue weighted by atomic mass is 19.1. The molecule has 0 bridgehead atoms. The molecule has 3 rings (SSSR count). The molecule has 5 nitrogen and oxygen atoms in total. The molecule has 0 unspecified atom stereocenters. The van der Waals surface area contributed by atoms with Crippen LogP contribution in [0.15, 0.2) is 12.1 Å². The predicted octanol–water partition coefficient (Wildman–Crippen LogP) is 2.13. The largest absolute Gasteiger partial charge is 0.381 e. The van der Waals surface area contributed by atoms with Crippen LogP contribution in [0.3, 0.4) is 0 Å². The molecule has 1 N–H and O–H groups in total. The van der Waals surface area contributed by atoms with Crippen molar-refractivity contribution in [2.75, 3.05) is 23.3 Å². The van der Waals surface area contributed by atoms with E-state index >= 15 is 0 Å². The van der Waals surface area contributed by atoms with E-state index in [1.807, 2.05) is 0 Å². The molecule has 1 aromatic carbocycles. The van der Waals surface area contributed by atoms with Crippen LogP contribution in [0.5, 0.6) is 0 Å². The molecular weight excluding hydrogens is 225 g/mol. The van der Waals surface area contributed by atoms with Crippen LogP contribution in [0, 0.1) is 15.9 Å². The summed E-state index contributed by atoms with van der Waals surface area (Å²) in [6.07, 6.45) is 2.18. The summed E-state index contributed by atoms with van der Waals surface area (Å²) in [5, 5.41) is 13.8. The number of anilines is 2. The third kappa shape index (κ3) is 1.51. The monoisotopic (exact) mass is 237 g/mol. The van der Waals surface area contributed by atoms with Crippen molar-refractivity contribution in [1.82, 2.24) is 0 Å². The van der Waals surface area contributed by atoms with Gasteiger partial charge >= 0.3 is 5.69 Å². The first-order valence-corrected chi connectivity index (χ1v) is 5.65. The van der Waals surface area contributed by atoms with Gasteiger partial charge in [-0.2, -0.15) is 4.39 Å². The lowest BCUT2D eigenvalue weighted by atomic mass is 10.1. The summed E-state index contributed by atoms with van der Waals surface area (Å²) >= 11 is 0. The quantitative estimate of drug-likeness (QED) is 0.600. The van der Waals surface area contributed by atoms with Crippen LogP contribution in [-0.2, 0) is 0 Å². The fourth-order valence-electron chi connectivity index (χ4n) is 2.66. The van der Waals surface area contributed by atoms with Crippen molar-refractivity contribution in [2.45, 2.75) is 18.9 Å². The van der Waals surface area contributed by atoms with Crippen molar-refractivity contribution in [1.29, 1.82) is 0 Å². The molecule has 6 heteroatoms. The second-order valence-corrected chi connectivity index (χ2v) is 4.45. The zero-order valence-corrected chi connectivity index (χ0v) is 9.15. The minimum absolute atomic E-state index is 0.392. The first-order valence-electron chi connectivity index (χ1n) is 5.65. The molecular formula is C11H12FN3O2. The molecule has 17 heavy (non-hydrogen) atoms. The van der Waals surface area contributed by atoms with Gasteiger partial charge in [-0.3, -0.25) is 10.1 Å². The van der Waals surface area contributed by atoms with Gasteiger partial charge in [-0.25, -0.2) is 0 Å². The lowest BCUT2D eigenvalue weighted by Crippen LogP contribution is -2.39. The fourth-order valence-corrected chi connectivity index (χ4v) is 2.66. The first-order chi connectivity index (χ1) is 8.16. The lowest BCUT2D eigenvalue weighted by Gasteiger charge is -2.34. The van der Waals surface area contributed by atoms with Gasteiger partial charge in [-0.15, -0.1) is 0 Å². The number of halogens is 1. The average molecular weight is 237 g/mol. The summed E-state index contributed by atoms with van der Waals surface area (Å²) in [6, 6.07) is 2.96. The minimum Gasteiger partial charge on any atom is -0.381 e. The van der Waals surface area contributed by atoms with E-state index in [9.17, 15) is 14.5 Å². The van der Waals surface area contributed by atoms with E-state index in [-0.39, 0.29) is 0 Å². The Balaban J connectivity index is 2.08. The number of rotatable bonds is 1. The van der Waals surface area contributed by atoms with Crippen LogP contribution in [-0.4, -0.2) is 24.1 Å². The van der Waals surface area contributed by atoms with E-state index < -0.39 is 16.4 Å². The molecule has 0 saturated carbocycles. The maximum absolute atomic E-state index is 13.6. The number of nitro groups is 1. The Hall–Kier alpha value is -1.85. The van der Waals surface area contributed by atoms with Gasteiger partial charge in [0.2, 0.25) is 5.82 Å². The van der Waals surface area contributed by atoms with E-state index in [0.29, 0.717) is 11.7 Å². The van der Waals surface area contributed by atoms with Crippen LogP contribution in [0.4, 0.5) is 21.5 Å². The Bertz CT molecular complexity index is 492. The highest BCUT2D eigenvalue weighted by Gasteiger charge is 2.32. The standard InChI is InChI=1S/C11H12FN3O2/c12-8-4-11-9(5-10(8)15(16)17)13-6-7-2-1-3-14(7)11/h4-5,7,13H,1-3,6H2/t7-/m0/s1. The van der Waals surface area contributed by atoms with Crippen molar-refractivity contribution in [3.63, 3.8) is 0 Å². The molecule has 2 heterocycles. The Labute approximate surface area is 97.4 Å². The molecule has 0 amide bonds. The number of nitrogens with zero attached hydrogens (tertiary/aromatic N) is 2. The maximum Gasteiger partial charge on any atom is 0.307 e. The topological polar surface area (TPSA) is 58.4 Å². The Kier molecular flexibility index (Phi) is 2.17. The lowest BCUT2D eigenvalue weighted by molar-refractivity contribution is -0.387. The highest BCUT2D eigenvalue weighted by molar-refractivity contribution is 5.76. The predicted molar refractivity (Wildman–Crippen MR) is 61.9 cm³/mol. The summed E-state index contributed by atoms with van der Waals surface area (Å²) < 4.78 is 13.6. The number of hydrogen-bond donors (Lipinski definition) is 1. The van der Waals surface area contributed by atoms with E-state index in [4.69, 9.17) is 0 Å². The average Bonchev–Trinajstić information content (AvgIpc) is 2.76. The van der Waals surface area contributed by atoms with Crippen LogP contribution in [0.1, 0.15) is 12.8 Å². The third-order valence-electron chi connectivity index (χ3n) is 3.48. The van der Waals surface area contributed by atoms with Crippen molar-refractivity contribution in [3.8, 4) is 0 Å². The smallest absolute Gasteiger partial charge is 0.307 e. The van der Waals surface area contributed by atoms with Gasteiger partial charge in [0.25, 0.3) is 0 Å². The Morgan fingerprint density at radius 2 is 2.35 bits per heavy atom. The highest BCUT2D eigenvalue weighted by Crippen LogP contribution is 2.39. The zero-order chi connectivity index (χ0) is 12.0. The van der Waals surface area contributed by atoms with Gasteiger partial charge in [0.1, 0.15) is 0 Å². The van der Waals surface area contributed by atoms with Crippen LogP contribution >= 0.6 is 0 Å². The van der Waals surface area contributed by atoms with Crippen LogP contribution in [0.2, 0.25) is 0 Å². The van der Waals surface area contributed by atoms with Gasteiger partial charge in [0.15, 0.2) is 0 Å². The summed E-state index contributed by atoms with van der Waals surface area (Å²) in [5.74, 6) is -0.761. The summed E-state index contributed by atoms with van der Waals surface area (Å²) in [6.45, 7) is 1.67. The normalized spacial score (nSPS) is 21.7. The van der Waals surface area contributed by atoms with E-state index in [1.54, 1.807) is 0 Å². The fraction of sp³-hybridized carbons (Fsp3) is 0.455. The molecule has 2 aliphatic rings. The Morgan fingerprint density at radius 3 is 3.12 bits per heavy atom. The summed E-state index contributed by atoms with van der Waals surface area (Å²) in [7, 11) is 0. The van der Waals surface area contributed by atoms with Gasteiger partial charge < -0.3 is 10.2 Å². The van der Waals surface area contributed by atoms with Crippen molar-refractivity contribution in [3.05, 3.63) is 28.1 Å². The zero-order valence-electron chi connectivity index (χ0n) is 9.15. The molecule has 1 fully saturated rings. The van der Waals surface area contributed by atoms with Crippen LogP contribution < -0.4 is 10.2 Å². The molecule has 2 aliphatic heterocycles. The number of fused-ring (bicyclic) bond motifs is 3. The van der Waals surface area contributed by atoms with Gasteiger partial charge in [0, 0.05) is 31.3 Å². The van der Waals surface area contributed by atoms with Gasteiger partial charge in [-0.1, -0.05) is 0 Å². The van der Waals surface area contributed by atoms with Gasteiger partial charge in [0.05, 0.1) is 16.3 Å². The van der Waals surface area contributed by atoms with Crippen molar-refractivity contribution >= 4 is 17.1 Å². The summed E-state index contributed by atoms with van der Waals surface area (Å²) in [5.41, 5.74) is 0.951.